The lowest BCUT2D eigenvalue weighted by Gasteiger charge is -2.08. The highest BCUT2D eigenvalue weighted by Crippen LogP contribution is 2.02. The van der Waals surface area contributed by atoms with E-state index in [0.717, 1.165) is 12.1 Å². The fraction of sp³-hybridized carbons (Fsp3) is 0.500. The van der Waals surface area contributed by atoms with Gasteiger partial charge >= 0.3 is 0 Å². The molecular weight excluding hydrogens is 148 g/mol. The number of hydrogen-bond donors (Lipinski definition) is 1. The van der Waals surface area contributed by atoms with Crippen molar-refractivity contribution in [3.05, 3.63) is 29.6 Å². The maximum absolute atomic E-state index is 4.29. The van der Waals surface area contributed by atoms with Crippen LogP contribution in [-0.4, -0.2) is 18.1 Å². The summed E-state index contributed by atoms with van der Waals surface area (Å²) in [6.45, 7) is 4.25. The summed E-state index contributed by atoms with van der Waals surface area (Å²) < 4.78 is 0. The number of rotatable bonds is 3. The zero-order valence-corrected chi connectivity index (χ0v) is 7.96. The Kier molecular flexibility index (Phi) is 3.23. The second-order valence-electron chi connectivity index (χ2n) is 3.22. The molecule has 1 aromatic heterocycles. The third-order valence-corrected chi connectivity index (χ3v) is 1.98. The zero-order chi connectivity index (χ0) is 8.97. The Morgan fingerprint density at radius 3 is 2.92 bits per heavy atom. The number of likely N-dealkylation sites (N-methyl/N-ethyl adjacent to an activating group) is 1. The monoisotopic (exact) mass is 164 g/mol. The van der Waals surface area contributed by atoms with Gasteiger partial charge in [-0.25, -0.2) is 0 Å². The molecule has 0 aliphatic rings. The molecule has 0 unspecified atom stereocenters. The molecule has 0 aliphatic heterocycles. The second-order valence-corrected chi connectivity index (χ2v) is 3.22. The molecule has 2 heteroatoms. The van der Waals surface area contributed by atoms with E-state index in [2.05, 4.69) is 30.2 Å². The van der Waals surface area contributed by atoms with Crippen molar-refractivity contribution in [2.24, 2.45) is 0 Å². The van der Waals surface area contributed by atoms with Crippen molar-refractivity contribution in [1.82, 2.24) is 10.3 Å². The first-order valence-electron chi connectivity index (χ1n) is 4.31. The van der Waals surface area contributed by atoms with Crippen molar-refractivity contribution in [2.45, 2.75) is 26.3 Å². The maximum atomic E-state index is 4.29. The Bertz CT molecular complexity index is 245. The van der Waals surface area contributed by atoms with E-state index in [1.54, 1.807) is 0 Å². The minimum absolute atomic E-state index is 0.499. The topological polar surface area (TPSA) is 24.9 Å². The van der Waals surface area contributed by atoms with Crippen LogP contribution in [-0.2, 0) is 6.42 Å². The fourth-order valence-corrected chi connectivity index (χ4v) is 1.13. The Labute approximate surface area is 74.0 Å². The van der Waals surface area contributed by atoms with E-state index in [9.17, 15) is 0 Å². The standard InChI is InChI=1S/C10H16N2/c1-8-4-5-12-10(6-8)7-9(2)11-3/h4-6,9,11H,7H2,1-3H3/t9-/m0/s1. The molecule has 0 saturated carbocycles. The lowest BCUT2D eigenvalue weighted by molar-refractivity contribution is 0.600. The van der Waals surface area contributed by atoms with Gasteiger partial charge in [0.1, 0.15) is 0 Å². The van der Waals surface area contributed by atoms with E-state index in [1.807, 2.05) is 19.3 Å². The lowest BCUT2D eigenvalue weighted by atomic mass is 10.1. The smallest absolute Gasteiger partial charge is 0.0421 e. The molecule has 12 heavy (non-hydrogen) atoms. The van der Waals surface area contributed by atoms with Crippen LogP contribution in [0.25, 0.3) is 0 Å². The van der Waals surface area contributed by atoms with Crippen LogP contribution in [0.4, 0.5) is 0 Å². The maximum Gasteiger partial charge on any atom is 0.0421 e. The molecule has 0 bridgehead atoms. The van der Waals surface area contributed by atoms with Gasteiger partial charge in [-0.3, -0.25) is 4.98 Å². The van der Waals surface area contributed by atoms with Crippen LogP contribution in [0.5, 0.6) is 0 Å². The molecule has 0 aliphatic carbocycles. The first-order valence-corrected chi connectivity index (χ1v) is 4.31. The van der Waals surface area contributed by atoms with E-state index in [0.29, 0.717) is 6.04 Å². The van der Waals surface area contributed by atoms with E-state index in [1.165, 1.54) is 5.56 Å². The van der Waals surface area contributed by atoms with E-state index >= 15 is 0 Å². The number of hydrogen-bond acceptors (Lipinski definition) is 2. The molecule has 0 radical (unpaired) electrons. The molecule has 1 heterocycles. The van der Waals surface area contributed by atoms with Gasteiger partial charge in [0.05, 0.1) is 0 Å². The first-order chi connectivity index (χ1) is 5.72. The van der Waals surface area contributed by atoms with Gasteiger partial charge in [0, 0.05) is 24.4 Å². The largest absolute Gasteiger partial charge is 0.317 e. The van der Waals surface area contributed by atoms with Crippen molar-refractivity contribution in [3.63, 3.8) is 0 Å². The van der Waals surface area contributed by atoms with Crippen LogP contribution in [0.3, 0.4) is 0 Å². The predicted octanol–water partition coefficient (Wildman–Crippen LogP) is 1.54. The second kappa shape index (κ2) is 4.21. The van der Waals surface area contributed by atoms with E-state index in [4.69, 9.17) is 0 Å². The van der Waals surface area contributed by atoms with Crippen molar-refractivity contribution < 1.29 is 0 Å². The van der Waals surface area contributed by atoms with Crippen LogP contribution >= 0.6 is 0 Å². The number of nitrogens with zero attached hydrogens (tertiary/aromatic N) is 1. The summed E-state index contributed by atoms with van der Waals surface area (Å²) in [6, 6.07) is 4.65. The number of aromatic nitrogens is 1. The summed E-state index contributed by atoms with van der Waals surface area (Å²) in [7, 11) is 1.97. The number of pyridine rings is 1. The van der Waals surface area contributed by atoms with Gasteiger partial charge < -0.3 is 5.32 Å². The normalized spacial score (nSPS) is 12.9. The molecule has 2 nitrogen and oxygen atoms in total. The summed E-state index contributed by atoms with van der Waals surface area (Å²) >= 11 is 0. The van der Waals surface area contributed by atoms with E-state index in [-0.39, 0.29) is 0 Å². The Hall–Kier alpha value is -0.890. The van der Waals surface area contributed by atoms with Gasteiger partial charge in [-0.2, -0.15) is 0 Å². The Morgan fingerprint density at radius 1 is 1.58 bits per heavy atom. The quantitative estimate of drug-likeness (QED) is 0.733. The zero-order valence-electron chi connectivity index (χ0n) is 7.96. The highest BCUT2D eigenvalue weighted by molar-refractivity contribution is 5.14. The molecule has 0 saturated heterocycles. The van der Waals surface area contributed by atoms with Crippen LogP contribution in [0, 0.1) is 6.92 Å². The van der Waals surface area contributed by atoms with E-state index < -0.39 is 0 Å². The third-order valence-electron chi connectivity index (χ3n) is 1.98. The minimum atomic E-state index is 0.499. The van der Waals surface area contributed by atoms with Crippen molar-refractivity contribution in [3.8, 4) is 0 Å². The van der Waals surface area contributed by atoms with Crippen LogP contribution in [0.2, 0.25) is 0 Å². The third kappa shape index (κ3) is 2.62. The van der Waals surface area contributed by atoms with Gasteiger partial charge in [0.2, 0.25) is 0 Å². The molecule has 1 N–H and O–H groups in total. The molecule has 0 amide bonds. The summed E-state index contributed by atoms with van der Waals surface area (Å²) in [6.07, 6.45) is 2.87. The van der Waals surface area contributed by atoms with Crippen LogP contribution < -0.4 is 5.32 Å². The average Bonchev–Trinajstić information content (AvgIpc) is 2.04. The summed E-state index contributed by atoms with van der Waals surface area (Å²) in [5, 5.41) is 3.19. The number of aryl methyl sites for hydroxylation is 1. The highest BCUT2D eigenvalue weighted by Gasteiger charge is 2.00. The molecule has 0 fully saturated rings. The summed E-state index contributed by atoms with van der Waals surface area (Å²) in [5.41, 5.74) is 2.44. The average molecular weight is 164 g/mol. The molecule has 1 aromatic rings. The Morgan fingerprint density at radius 2 is 2.33 bits per heavy atom. The molecule has 1 atom stereocenters. The van der Waals surface area contributed by atoms with Gasteiger partial charge in [-0.1, -0.05) is 0 Å². The number of nitrogens with one attached hydrogen (secondary N) is 1. The SMILES string of the molecule is CN[C@@H](C)Cc1cc(C)ccn1. The molecule has 66 valence electrons. The highest BCUT2D eigenvalue weighted by atomic mass is 14.9. The van der Waals surface area contributed by atoms with Crippen molar-refractivity contribution >= 4 is 0 Å². The fourth-order valence-electron chi connectivity index (χ4n) is 1.13. The summed E-state index contributed by atoms with van der Waals surface area (Å²) in [5.74, 6) is 0. The molecular formula is C10H16N2. The lowest BCUT2D eigenvalue weighted by Crippen LogP contribution is -2.23. The van der Waals surface area contributed by atoms with Crippen LogP contribution in [0.15, 0.2) is 18.3 Å². The molecule has 0 spiro atoms. The van der Waals surface area contributed by atoms with Crippen molar-refractivity contribution in [1.29, 1.82) is 0 Å². The van der Waals surface area contributed by atoms with Gasteiger partial charge in [-0.05, 0) is 38.6 Å². The van der Waals surface area contributed by atoms with Gasteiger partial charge in [0.25, 0.3) is 0 Å². The summed E-state index contributed by atoms with van der Waals surface area (Å²) in [4.78, 5) is 4.29. The minimum Gasteiger partial charge on any atom is -0.317 e. The predicted molar refractivity (Wildman–Crippen MR) is 51.2 cm³/mol. The molecule has 1 rings (SSSR count). The van der Waals surface area contributed by atoms with Crippen LogP contribution in [0.1, 0.15) is 18.2 Å². The van der Waals surface area contributed by atoms with Gasteiger partial charge in [-0.15, -0.1) is 0 Å². The first kappa shape index (κ1) is 9.20. The molecule has 0 aromatic carbocycles. The Balaban J connectivity index is 2.63. The van der Waals surface area contributed by atoms with Gasteiger partial charge in [0.15, 0.2) is 0 Å². The van der Waals surface area contributed by atoms with Crippen molar-refractivity contribution in [2.75, 3.05) is 7.05 Å².